The maximum atomic E-state index is 12.9. The zero-order valence-electron chi connectivity index (χ0n) is 18.8. The second-order valence-electron chi connectivity index (χ2n) is 7.36. The largest absolute Gasteiger partial charge is 0.497 e. The number of carbonyl (C=O) groups excluding carboxylic acids is 2. The van der Waals surface area contributed by atoms with Gasteiger partial charge in [-0.1, -0.05) is 24.3 Å². The van der Waals surface area contributed by atoms with Crippen LogP contribution in [0, 0.1) is 0 Å². The molecule has 1 N–H and O–H groups in total. The van der Waals surface area contributed by atoms with Crippen LogP contribution in [0.1, 0.15) is 33.2 Å². The van der Waals surface area contributed by atoms with Crippen LogP contribution in [0.25, 0.3) is 5.69 Å². The van der Waals surface area contributed by atoms with Crippen molar-refractivity contribution in [3.05, 3.63) is 114 Å². The van der Waals surface area contributed by atoms with Gasteiger partial charge in [0.25, 0.3) is 5.91 Å². The summed E-state index contributed by atoms with van der Waals surface area (Å²) in [5.41, 5.74) is 5.30. The second-order valence-corrected chi connectivity index (χ2v) is 7.36. The molecule has 0 saturated carbocycles. The SMILES string of the molecule is COc1ccc(C(=O)Oc2ccccc2C(C)=NNC(=O)c2ccccc2-n2cccc2)cc1. The van der Waals surface area contributed by atoms with Crippen molar-refractivity contribution >= 4 is 17.6 Å². The van der Waals surface area contributed by atoms with Crippen LogP contribution in [-0.4, -0.2) is 29.3 Å². The predicted octanol–water partition coefficient (Wildman–Crippen LogP) is 4.86. The van der Waals surface area contributed by atoms with Crippen LogP contribution in [0.2, 0.25) is 0 Å². The molecule has 1 heterocycles. The summed E-state index contributed by atoms with van der Waals surface area (Å²) in [5.74, 6) is 0.129. The van der Waals surface area contributed by atoms with Crippen molar-refractivity contribution in [3.63, 3.8) is 0 Å². The van der Waals surface area contributed by atoms with E-state index in [1.807, 2.05) is 47.3 Å². The molecule has 7 nitrogen and oxygen atoms in total. The van der Waals surface area contributed by atoms with Crippen LogP contribution in [0.15, 0.2) is 102 Å². The van der Waals surface area contributed by atoms with E-state index >= 15 is 0 Å². The Morgan fingerprint density at radius 1 is 0.824 bits per heavy atom. The molecule has 0 unspecified atom stereocenters. The van der Waals surface area contributed by atoms with E-state index in [4.69, 9.17) is 9.47 Å². The fourth-order valence-corrected chi connectivity index (χ4v) is 3.38. The molecule has 3 aromatic carbocycles. The molecular weight excluding hydrogens is 430 g/mol. The van der Waals surface area contributed by atoms with Gasteiger partial charge in [0, 0.05) is 18.0 Å². The van der Waals surface area contributed by atoms with Crippen molar-refractivity contribution in [2.75, 3.05) is 7.11 Å². The highest BCUT2D eigenvalue weighted by Crippen LogP contribution is 2.21. The first-order chi connectivity index (χ1) is 16.6. The lowest BCUT2D eigenvalue weighted by Gasteiger charge is -2.11. The van der Waals surface area contributed by atoms with Crippen molar-refractivity contribution < 1.29 is 19.1 Å². The smallest absolute Gasteiger partial charge is 0.343 e. The number of nitrogens with zero attached hydrogens (tertiary/aromatic N) is 2. The Morgan fingerprint density at radius 2 is 1.47 bits per heavy atom. The number of hydrazone groups is 1. The van der Waals surface area contributed by atoms with Crippen LogP contribution in [0.4, 0.5) is 0 Å². The van der Waals surface area contributed by atoms with Gasteiger partial charge in [0.1, 0.15) is 11.5 Å². The van der Waals surface area contributed by atoms with Gasteiger partial charge in [-0.2, -0.15) is 5.10 Å². The second kappa shape index (κ2) is 10.3. The molecule has 0 fully saturated rings. The zero-order valence-corrected chi connectivity index (χ0v) is 18.8. The average Bonchev–Trinajstić information content (AvgIpc) is 3.42. The van der Waals surface area contributed by atoms with Gasteiger partial charge < -0.3 is 14.0 Å². The lowest BCUT2D eigenvalue weighted by atomic mass is 10.1. The molecule has 1 aromatic heterocycles. The Balaban J connectivity index is 1.52. The normalized spacial score (nSPS) is 11.1. The van der Waals surface area contributed by atoms with E-state index in [0.29, 0.717) is 33.9 Å². The number of esters is 1. The fraction of sp³-hybridized carbons (Fsp3) is 0.0741. The number of hydrogen-bond acceptors (Lipinski definition) is 5. The minimum Gasteiger partial charge on any atom is -0.497 e. The summed E-state index contributed by atoms with van der Waals surface area (Å²) in [7, 11) is 1.56. The zero-order chi connectivity index (χ0) is 23.9. The number of rotatable bonds is 7. The van der Waals surface area contributed by atoms with E-state index in [9.17, 15) is 9.59 Å². The van der Waals surface area contributed by atoms with Crippen LogP contribution in [0.3, 0.4) is 0 Å². The molecule has 1 amide bonds. The Hall–Kier alpha value is -4.65. The van der Waals surface area contributed by atoms with Crippen LogP contribution in [0.5, 0.6) is 11.5 Å². The fourth-order valence-electron chi connectivity index (χ4n) is 3.38. The number of para-hydroxylation sites is 2. The first-order valence-electron chi connectivity index (χ1n) is 10.6. The molecule has 4 rings (SSSR count). The highest BCUT2D eigenvalue weighted by atomic mass is 16.5. The summed E-state index contributed by atoms with van der Waals surface area (Å²) in [6.07, 6.45) is 3.74. The molecule has 34 heavy (non-hydrogen) atoms. The number of methoxy groups -OCH3 is 1. The predicted molar refractivity (Wildman–Crippen MR) is 130 cm³/mol. The molecule has 4 aromatic rings. The topological polar surface area (TPSA) is 81.9 Å². The van der Waals surface area contributed by atoms with Crippen molar-refractivity contribution in [2.24, 2.45) is 5.10 Å². The number of nitrogens with one attached hydrogen (secondary N) is 1. The summed E-state index contributed by atoms with van der Waals surface area (Å²) in [5, 5.41) is 4.26. The maximum Gasteiger partial charge on any atom is 0.343 e. The first kappa shape index (κ1) is 22.5. The molecule has 0 aliphatic rings. The van der Waals surface area contributed by atoms with Gasteiger partial charge in [-0.15, -0.1) is 0 Å². The molecule has 0 radical (unpaired) electrons. The minimum atomic E-state index is -0.507. The number of ether oxygens (including phenoxy) is 2. The van der Waals surface area contributed by atoms with Gasteiger partial charge in [0.05, 0.1) is 29.6 Å². The number of benzene rings is 3. The van der Waals surface area contributed by atoms with E-state index in [0.717, 1.165) is 5.69 Å². The van der Waals surface area contributed by atoms with Gasteiger partial charge in [0.2, 0.25) is 0 Å². The third kappa shape index (κ3) is 5.05. The first-order valence-corrected chi connectivity index (χ1v) is 10.6. The Kier molecular flexibility index (Phi) is 6.84. The summed E-state index contributed by atoms with van der Waals surface area (Å²) in [6, 6.07) is 24.7. The summed E-state index contributed by atoms with van der Waals surface area (Å²) in [4.78, 5) is 25.5. The van der Waals surface area contributed by atoms with E-state index in [1.165, 1.54) is 0 Å². The highest BCUT2D eigenvalue weighted by Gasteiger charge is 2.15. The van der Waals surface area contributed by atoms with Gasteiger partial charge in [-0.05, 0) is 67.6 Å². The summed E-state index contributed by atoms with van der Waals surface area (Å²) < 4.78 is 12.6. The number of aromatic nitrogens is 1. The molecule has 0 spiro atoms. The lowest BCUT2D eigenvalue weighted by Crippen LogP contribution is -2.21. The minimum absolute atomic E-state index is 0.339. The van der Waals surface area contributed by atoms with Crippen molar-refractivity contribution in [2.45, 2.75) is 6.92 Å². The molecule has 0 saturated heterocycles. The summed E-state index contributed by atoms with van der Waals surface area (Å²) in [6.45, 7) is 1.73. The molecule has 0 aliphatic heterocycles. The maximum absolute atomic E-state index is 12.9. The Labute approximate surface area is 197 Å². The van der Waals surface area contributed by atoms with Gasteiger partial charge in [0.15, 0.2) is 0 Å². The standard InChI is InChI=1S/C27H23N3O4/c1-19(28-29-26(31)23-10-3-5-11-24(23)30-17-7-8-18-30)22-9-4-6-12-25(22)34-27(32)20-13-15-21(33-2)16-14-20/h3-18H,1-2H3,(H,29,31). The monoisotopic (exact) mass is 453 g/mol. The number of amides is 1. The van der Waals surface area contributed by atoms with Gasteiger partial charge in [-0.3, -0.25) is 4.79 Å². The molecule has 0 aliphatic carbocycles. The number of hydrogen-bond donors (Lipinski definition) is 1. The van der Waals surface area contributed by atoms with Gasteiger partial charge in [-0.25, -0.2) is 10.2 Å². The Morgan fingerprint density at radius 3 is 2.18 bits per heavy atom. The van der Waals surface area contributed by atoms with E-state index < -0.39 is 5.97 Å². The quantitative estimate of drug-likeness (QED) is 0.188. The molecule has 170 valence electrons. The third-order valence-electron chi connectivity index (χ3n) is 5.16. The van der Waals surface area contributed by atoms with E-state index in [2.05, 4.69) is 10.5 Å². The van der Waals surface area contributed by atoms with E-state index in [1.54, 1.807) is 68.6 Å². The van der Waals surface area contributed by atoms with Crippen LogP contribution < -0.4 is 14.9 Å². The molecular formula is C27H23N3O4. The molecule has 0 atom stereocenters. The van der Waals surface area contributed by atoms with Crippen molar-refractivity contribution in [1.82, 2.24) is 9.99 Å². The van der Waals surface area contributed by atoms with Gasteiger partial charge >= 0.3 is 5.97 Å². The highest BCUT2D eigenvalue weighted by molar-refractivity contribution is 6.04. The van der Waals surface area contributed by atoms with Crippen molar-refractivity contribution in [3.8, 4) is 17.2 Å². The average molecular weight is 453 g/mol. The van der Waals surface area contributed by atoms with Crippen LogP contribution >= 0.6 is 0 Å². The third-order valence-corrected chi connectivity index (χ3v) is 5.16. The Bertz CT molecular complexity index is 1330. The molecule has 0 bridgehead atoms. The van der Waals surface area contributed by atoms with Crippen molar-refractivity contribution in [1.29, 1.82) is 0 Å². The van der Waals surface area contributed by atoms with Crippen LogP contribution in [-0.2, 0) is 0 Å². The van der Waals surface area contributed by atoms with E-state index in [-0.39, 0.29) is 5.91 Å². The summed E-state index contributed by atoms with van der Waals surface area (Å²) >= 11 is 0. The number of carbonyl (C=O) groups is 2. The lowest BCUT2D eigenvalue weighted by molar-refractivity contribution is 0.0734. The molecule has 7 heteroatoms.